The SMILES string of the molecule is CCCCCN1C(=O)C(O)=C(C(=O)c2cc3cc(Br)ccc3o2)C1c1cccs1. The number of thiophene rings is 1. The first-order valence-electron chi connectivity index (χ1n) is 9.52. The highest BCUT2D eigenvalue weighted by atomic mass is 79.9. The summed E-state index contributed by atoms with van der Waals surface area (Å²) in [5, 5.41) is 13.3. The van der Waals surface area contributed by atoms with E-state index in [1.54, 1.807) is 17.0 Å². The van der Waals surface area contributed by atoms with E-state index >= 15 is 0 Å². The minimum absolute atomic E-state index is 0.0899. The summed E-state index contributed by atoms with van der Waals surface area (Å²) in [5.41, 5.74) is 0.667. The number of ketones is 1. The highest BCUT2D eigenvalue weighted by molar-refractivity contribution is 9.10. The molecule has 0 fully saturated rings. The molecule has 1 atom stereocenters. The van der Waals surface area contributed by atoms with Crippen LogP contribution in [0.1, 0.15) is 47.7 Å². The summed E-state index contributed by atoms with van der Waals surface area (Å²) in [6, 6.07) is 10.3. The van der Waals surface area contributed by atoms with Gasteiger partial charge in [0, 0.05) is 21.3 Å². The lowest BCUT2D eigenvalue weighted by Gasteiger charge is -2.25. The third-order valence-corrected chi connectivity index (χ3v) is 6.48. The molecule has 1 aliphatic rings. The topological polar surface area (TPSA) is 70.8 Å². The van der Waals surface area contributed by atoms with Crippen LogP contribution in [-0.4, -0.2) is 28.2 Å². The van der Waals surface area contributed by atoms with Crippen molar-refractivity contribution in [3.63, 3.8) is 0 Å². The van der Waals surface area contributed by atoms with Gasteiger partial charge in [0.05, 0.1) is 11.6 Å². The lowest BCUT2D eigenvalue weighted by molar-refractivity contribution is -0.129. The molecule has 3 aromatic rings. The van der Waals surface area contributed by atoms with Crippen LogP contribution in [0.5, 0.6) is 0 Å². The van der Waals surface area contributed by atoms with E-state index in [9.17, 15) is 14.7 Å². The molecule has 1 N–H and O–H groups in total. The van der Waals surface area contributed by atoms with Crippen molar-refractivity contribution in [2.24, 2.45) is 0 Å². The largest absolute Gasteiger partial charge is 0.503 e. The van der Waals surface area contributed by atoms with Crippen molar-refractivity contribution < 1.29 is 19.1 Å². The van der Waals surface area contributed by atoms with Crippen molar-refractivity contribution >= 4 is 49.9 Å². The maximum absolute atomic E-state index is 13.3. The van der Waals surface area contributed by atoms with Gasteiger partial charge >= 0.3 is 0 Å². The molecular formula is C22H20BrNO4S. The Balaban J connectivity index is 1.74. The number of rotatable bonds is 7. The standard InChI is InChI=1S/C22H20BrNO4S/c1-2-3-4-9-24-19(17-6-5-10-29-17)18(21(26)22(24)27)20(25)16-12-13-11-14(23)7-8-15(13)28-16/h5-8,10-12,19,26H,2-4,9H2,1H3. The summed E-state index contributed by atoms with van der Waals surface area (Å²) < 4.78 is 6.61. The first-order valence-corrected chi connectivity index (χ1v) is 11.2. The molecule has 1 unspecified atom stereocenters. The Hall–Kier alpha value is -2.38. The number of nitrogens with zero attached hydrogens (tertiary/aromatic N) is 1. The van der Waals surface area contributed by atoms with Gasteiger partial charge in [0.2, 0.25) is 5.78 Å². The highest BCUT2D eigenvalue weighted by Crippen LogP contribution is 2.41. The van der Waals surface area contributed by atoms with Gasteiger partial charge in [-0.25, -0.2) is 0 Å². The molecule has 7 heteroatoms. The van der Waals surface area contributed by atoms with E-state index in [0.29, 0.717) is 12.1 Å². The first-order chi connectivity index (χ1) is 14.0. The number of unbranched alkanes of at least 4 members (excludes halogenated alkanes) is 2. The maximum Gasteiger partial charge on any atom is 0.290 e. The van der Waals surface area contributed by atoms with E-state index in [2.05, 4.69) is 22.9 Å². The number of carbonyl (C=O) groups excluding carboxylic acids is 2. The number of halogens is 1. The summed E-state index contributed by atoms with van der Waals surface area (Å²) in [4.78, 5) is 28.6. The zero-order valence-electron chi connectivity index (χ0n) is 15.9. The lowest BCUT2D eigenvalue weighted by atomic mass is 10.00. The fourth-order valence-corrected chi connectivity index (χ4v) is 4.87. The Kier molecular flexibility index (Phi) is 5.61. The monoisotopic (exact) mass is 473 g/mol. The van der Waals surface area contributed by atoms with Gasteiger partial charge in [-0.1, -0.05) is 41.8 Å². The average Bonchev–Trinajstić information content (AvgIpc) is 3.42. The van der Waals surface area contributed by atoms with Gasteiger partial charge in [0.15, 0.2) is 11.5 Å². The molecule has 0 bridgehead atoms. The third-order valence-electron chi connectivity index (χ3n) is 5.07. The van der Waals surface area contributed by atoms with E-state index in [1.165, 1.54) is 11.3 Å². The Morgan fingerprint density at radius 1 is 1.28 bits per heavy atom. The molecule has 5 nitrogen and oxygen atoms in total. The fraction of sp³-hybridized carbons (Fsp3) is 0.273. The number of furan rings is 1. The summed E-state index contributed by atoms with van der Waals surface area (Å²) in [7, 11) is 0. The number of benzene rings is 1. The van der Waals surface area contributed by atoms with Crippen molar-refractivity contribution in [2.75, 3.05) is 6.54 Å². The molecular weight excluding hydrogens is 454 g/mol. The van der Waals surface area contributed by atoms with Gasteiger partial charge in [-0.05, 0) is 42.1 Å². The van der Waals surface area contributed by atoms with Crippen LogP contribution in [-0.2, 0) is 4.79 Å². The normalized spacial score (nSPS) is 17.0. The van der Waals surface area contributed by atoms with Crippen LogP contribution >= 0.6 is 27.3 Å². The molecule has 3 heterocycles. The Morgan fingerprint density at radius 2 is 2.10 bits per heavy atom. The Morgan fingerprint density at radius 3 is 2.83 bits per heavy atom. The van der Waals surface area contributed by atoms with Gasteiger partial charge in [-0.15, -0.1) is 11.3 Å². The number of Topliss-reactive ketones (excluding diaryl/α,β-unsaturated/α-hetero) is 1. The molecule has 4 rings (SSSR count). The van der Waals surface area contributed by atoms with Gasteiger partial charge in [-0.3, -0.25) is 9.59 Å². The predicted molar refractivity (Wildman–Crippen MR) is 116 cm³/mol. The van der Waals surface area contributed by atoms with Gasteiger partial charge in [0.25, 0.3) is 5.91 Å². The van der Waals surface area contributed by atoms with Crippen molar-refractivity contribution in [2.45, 2.75) is 32.2 Å². The zero-order valence-corrected chi connectivity index (χ0v) is 18.3. The quantitative estimate of drug-likeness (QED) is 0.336. The number of fused-ring (bicyclic) bond motifs is 1. The summed E-state index contributed by atoms with van der Waals surface area (Å²) in [5.74, 6) is -1.32. The molecule has 1 aromatic carbocycles. The molecule has 0 saturated heterocycles. The van der Waals surface area contributed by atoms with Crippen molar-refractivity contribution in [1.82, 2.24) is 4.90 Å². The number of aliphatic hydroxyl groups is 1. The molecule has 1 amide bonds. The summed E-state index contributed by atoms with van der Waals surface area (Å²) in [6.07, 6.45) is 2.81. The van der Waals surface area contributed by atoms with Crippen molar-refractivity contribution in [3.05, 3.63) is 68.2 Å². The minimum atomic E-state index is -0.591. The second kappa shape index (κ2) is 8.16. The van der Waals surface area contributed by atoms with Crippen LogP contribution in [0.2, 0.25) is 0 Å². The molecule has 150 valence electrons. The second-order valence-corrected chi connectivity index (χ2v) is 8.90. The summed E-state index contributed by atoms with van der Waals surface area (Å²) in [6.45, 7) is 2.58. The van der Waals surface area contributed by atoms with Crippen LogP contribution in [0.3, 0.4) is 0 Å². The number of carbonyl (C=O) groups is 2. The molecule has 29 heavy (non-hydrogen) atoms. The van der Waals surface area contributed by atoms with Gasteiger partial charge in [-0.2, -0.15) is 0 Å². The molecule has 0 saturated carbocycles. The van der Waals surface area contributed by atoms with E-state index in [0.717, 1.165) is 34.0 Å². The van der Waals surface area contributed by atoms with E-state index in [1.807, 2.05) is 29.6 Å². The number of amides is 1. The number of hydrogen-bond acceptors (Lipinski definition) is 5. The summed E-state index contributed by atoms with van der Waals surface area (Å²) >= 11 is 4.87. The number of aliphatic hydroxyl groups excluding tert-OH is 1. The molecule has 0 aliphatic carbocycles. The van der Waals surface area contributed by atoms with E-state index < -0.39 is 23.5 Å². The van der Waals surface area contributed by atoms with Crippen molar-refractivity contribution in [3.8, 4) is 0 Å². The molecule has 0 radical (unpaired) electrons. The average molecular weight is 474 g/mol. The fourth-order valence-electron chi connectivity index (χ4n) is 3.65. The minimum Gasteiger partial charge on any atom is -0.503 e. The zero-order chi connectivity index (χ0) is 20.5. The van der Waals surface area contributed by atoms with Crippen molar-refractivity contribution in [1.29, 1.82) is 0 Å². The predicted octanol–water partition coefficient (Wildman–Crippen LogP) is 6.03. The molecule has 1 aliphatic heterocycles. The Labute approximate surface area is 180 Å². The second-order valence-electron chi connectivity index (χ2n) is 7.01. The van der Waals surface area contributed by atoms with Crippen LogP contribution in [0.15, 0.2) is 62.0 Å². The smallest absolute Gasteiger partial charge is 0.290 e. The molecule has 0 spiro atoms. The van der Waals surface area contributed by atoms with Crippen LogP contribution in [0, 0.1) is 0 Å². The van der Waals surface area contributed by atoms with Gasteiger partial charge in [0.1, 0.15) is 5.58 Å². The maximum atomic E-state index is 13.3. The lowest BCUT2D eigenvalue weighted by Crippen LogP contribution is -2.31. The van der Waals surface area contributed by atoms with Crippen LogP contribution in [0.25, 0.3) is 11.0 Å². The third kappa shape index (κ3) is 3.65. The van der Waals surface area contributed by atoms with Gasteiger partial charge < -0.3 is 14.4 Å². The van der Waals surface area contributed by atoms with Crippen LogP contribution in [0.4, 0.5) is 0 Å². The molecule has 2 aromatic heterocycles. The number of hydrogen-bond donors (Lipinski definition) is 1. The van der Waals surface area contributed by atoms with E-state index in [4.69, 9.17) is 4.42 Å². The highest BCUT2D eigenvalue weighted by Gasteiger charge is 2.44. The van der Waals surface area contributed by atoms with Crippen LogP contribution < -0.4 is 0 Å². The Bertz CT molecular complexity index is 1100. The first kappa shape index (κ1) is 19.9. The van der Waals surface area contributed by atoms with E-state index in [-0.39, 0.29) is 11.3 Å².